The lowest BCUT2D eigenvalue weighted by Gasteiger charge is -2.15. The normalized spacial score (nSPS) is 15.5. The number of carbonyl (C=O) groups excluding carboxylic acids is 2. The summed E-state index contributed by atoms with van der Waals surface area (Å²) in [6.07, 6.45) is 4.96. The van der Waals surface area contributed by atoms with Crippen molar-refractivity contribution in [1.29, 1.82) is 0 Å². The molecule has 5 rings (SSSR count). The fourth-order valence-electron chi connectivity index (χ4n) is 3.81. The molecule has 2 aromatic carbocycles. The number of rotatable bonds is 6. The largest absolute Gasteiger partial charge is 0.336 e. The average molecular weight is 454 g/mol. The number of amides is 2. The van der Waals surface area contributed by atoms with Crippen LogP contribution >= 0.6 is 0 Å². The zero-order valence-electron chi connectivity index (χ0n) is 18.5. The molecule has 1 aliphatic heterocycles. The second-order valence-electron chi connectivity index (χ2n) is 8.23. The minimum absolute atomic E-state index is 0.0677. The number of aromatic nitrogens is 4. The highest BCUT2D eigenvalue weighted by Crippen LogP contribution is 2.25. The van der Waals surface area contributed by atoms with E-state index in [-0.39, 0.29) is 18.2 Å². The van der Waals surface area contributed by atoms with Crippen molar-refractivity contribution < 1.29 is 14.1 Å². The van der Waals surface area contributed by atoms with Crippen LogP contribution in [-0.4, -0.2) is 43.4 Å². The first-order valence-corrected chi connectivity index (χ1v) is 10.9. The average Bonchev–Trinajstić information content (AvgIpc) is 3.48. The van der Waals surface area contributed by atoms with E-state index in [4.69, 9.17) is 4.52 Å². The van der Waals surface area contributed by atoms with Gasteiger partial charge in [-0.15, -0.1) is 0 Å². The number of aryl methyl sites for hydroxylation is 1. The molecule has 1 atom stereocenters. The molecule has 0 saturated carbocycles. The Balaban J connectivity index is 1.20. The Morgan fingerprint density at radius 3 is 2.59 bits per heavy atom. The van der Waals surface area contributed by atoms with Gasteiger partial charge in [-0.25, -0.2) is 0 Å². The predicted octanol–water partition coefficient (Wildman–Crippen LogP) is 3.49. The number of hydrogen-bond donors (Lipinski definition) is 1. The first-order chi connectivity index (χ1) is 16.5. The molecule has 3 heterocycles. The lowest BCUT2D eigenvalue weighted by molar-refractivity contribution is -0.128. The third-order valence-electron chi connectivity index (χ3n) is 5.69. The second kappa shape index (κ2) is 9.22. The summed E-state index contributed by atoms with van der Waals surface area (Å²) in [5.41, 5.74) is 4.11. The van der Waals surface area contributed by atoms with E-state index in [1.807, 2.05) is 43.3 Å². The lowest BCUT2D eigenvalue weighted by atomic mass is 10.1. The molecule has 34 heavy (non-hydrogen) atoms. The number of benzene rings is 2. The summed E-state index contributed by atoms with van der Waals surface area (Å²) in [4.78, 5) is 39.4. The molecule has 1 aliphatic rings. The molecule has 1 N–H and O–H groups in total. The smallest absolute Gasteiger partial charge is 0.258 e. The number of hydrogen-bond acceptors (Lipinski definition) is 7. The van der Waals surface area contributed by atoms with Gasteiger partial charge in [0.25, 0.3) is 5.89 Å². The molecule has 0 bridgehead atoms. The van der Waals surface area contributed by atoms with E-state index in [1.165, 1.54) is 0 Å². The van der Waals surface area contributed by atoms with E-state index < -0.39 is 5.92 Å². The lowest BCUT2D eigenvalue weighted by Crippen LogP contribution is -2.28. The van der Waals surface area contributed by atoms with E-state index in [2.05, 4.69) is 25.4 Å². The summed E-state index contributed by atoms with van der Waals surface area (Å²) in [5.74, 6) is 0.236. The molecule has 9 heteroatoms. The van der Waals surface area contributed by atoms with Gasteiger partial charge >= 0.3 is 0 Å². The molecule has 1 saturated heterocycles. The summed E-state index contributed by atoms with van der Waals surface area (Å²) in [7, 11) is 0. The van der Waals surface area contributed by atoms with Crippen molar-refractivity contribution in [3.05, 3.63) is 78.4 Å². The standard InChI is InChI=1S/C25H22N6O3/c1-16-2-4-17(5-3-16)23-29-25(34-30-23)18-6-8-20(9-7-18)28-24(33)19-12-22(32)31(14-19)15-21-13-26-10-11-27-21/h2-11,13,19H,12,14-15H2,1H3,(H,28,33). The van der Waals surface area contributed by atoms with Gasteiger partial charge in [0.1, 0.15) is 0 Å². The van der Waals surface area contributed by atoms with E-state index in [0.717, 1.165) is 16.7 Å². The Morgan fingerprint density at radius 2 is 1.85 bits per heavy atom. The minimum Gasteiger partial charge on any atom is -0.336 e. The van der Waals surface area contributed by atoms with Crippen LogP contribution in [0.1, 0.15) is 17.7 Å². The van der Waals surface area contributed by atoms with Gasteiger partial charge < -0.3 is 14.7 Å². The van der Waals surface area contributed by atoms with Gasteiger partial charge in [0, 0.05) is 42.2 Å². The summed E-state index contributed by atoms with van der Waals surface area (Å²) < 4.78 is 5.41. The van der Waals surface area contributed by atoms with Crippen LogP contribution in [0.2, 0.25) is 0 Å². The van der Waals surface area contributed by atoms with Gasteiger partial charge in [-0.05, 0) is 31.2 Å². The van der Waals surface area contributed by atoms with Crippen LogP contribution in [0, 0.1) is 12.8 Å². The van der Waals surface area contributed by atoms with E-state index in [1.54, 1.807) is 35.6 Å². The zero-order chi connectivity index (χ0) is 23.5. The number of carbonyl (C=O) groups is 2. The molecule has 0 radical (unpaired) electrons. The number of likely N-dealkylation sites (tertiary alicyclic amines) is 1. The van der Waals surface area contributed by atoms with Crippen LogP contribution in [0.4, 0.5) is 5.69 Å². The molecule has 1 fully saturated rings. The Kier molecular flexibility index (Phi) is 5.82. The Labute approximate surface area is 195 Å². The molecular formula is C25H22N6O3. The fraction of sp³-hybridized carbons (Fsp3) is 0.200. The monoisotopic (exact) mass is 454 g/mol. The van der Waals surface area contributed by atoms with Gasteiger partial charge in [-0.2, -0.15) is 4.98 Å². The maximum atomic E-state index is 12.7. The molecule has 2 aromatic heterocycles. The van der Waals surface area contributed by atoms with Gasteiger partial charge in [0.15, 0.2) is 0 Å². The van der Waals surface area contributed by atoms with Crippen molar-refractivity contribution in [2.45, 2.75) is 19.9 Å². The van der Waals surface area contributed by atoms with Crippen LogP contribution in [0.25, 0.3) is 22.8 Å². The first kappa shape index (κ1) is 21.4. The fourth-order valence-corrected chi connectivity index (χ4v) is 3.81. The maximum Gasteiger partial charge on any atom is 0.258 e. The molecular weight excluding hydrogens is 432 g/mol. The molecule has 170 valence electrons. The van der Waals surface area contributed by atoms with E-state index >= 15 is 0 Å². The summed E-state index contributed by atoms with van der Waals surface area (Å²) in [5, 5.41) is 6.95. The van der Waals surface area contributed by atoms with Crippen LogP contribution in [-0.2, 0) is 16.1 Å². The molecule has 1 unspecified atom stereocenters. The highest BCUT2D eigenvalue weighted by molar-refractivity contribution is 5.97. The number of nitrogens with one attached hydrogen (secondary N) is 1. The van der Waals surface area contributed by atoms with Crippen molar-refractivity contribution in [2.24, 2.45) is 5.92 Å². The summed E-state index contributed by atoms with van der Waals surface area (Å²) in [6, 6.07) is 15.1. The quantitative estimate of drug-likeness (QED) is 0.474. The van der Waals surface area contributed by atoms with Crippen LogP contribution in [0.15, 0.2) is 71.6 Å². The summed E-state index contributed by atoms with van der Waals surface area (Å²) in [6.45, 7) is 2.72. The number of nitrogens with zero attached hydrogens (tertiary/aromatic N) is 5. The Morgan fingerprint density at radius 1 is 1.09 bits per heavy atom. The molecule has 0 aliphatic carbocycles. The van der Waals surface area contributed by atoms with Gasteiger partial charge in [-0.3, -0.25) is 19.6 Å². The van der Waals surface area contributed by atoms with Crippen LogP contribution < -0.4 is 5.32 Å². The van der Waals surface area contributed by atoms with Crippen LogP contribution in [0.3, 0.4) is 0 Å². The first-order valence-electron chi connectivity index (χ1n) is 10.9. The maximum absolute atomic E-state index is 12.7. The van der Waals surface area contributed by atoms with E-state index in [9.17, 15) is 9.59 Å². The molecule has 4 aromatic rings. The minimum atomic E-state index is -0.420. The Bertz CT molecular complexity index is 1300. The highest BCUT2D eigenvalue weighted by Gasteiger charge is 2.34. The third-order valence-corrected chi connectivity index (χ3v) is 5.69. The van der Waals surface area contributed by atoms with Crippen molar-refractivity contribution in [1.82, 2.24) is 25.0 Å². The SMILES string of the molecule is Cc1ccc(-c2noc(-c3ccc(NC(=O)C4CC(=O)N(Cc5cnccn5)C4)cc3)n2)cc1. The predicted molar refractivity (Wildman–Crippen MR) is 124 cm³/mol. The number of anilines is 1. The third kappa shape index (κ3) is 4.68. The second-order valence-corrected chi connectivity index (χ2v) is 8.23. The van der Waals surface area contributed by atoms with Gasteiger partial charge in [0.2, 0.25) is 17.6 Å². The zero-order valence-corrected chi connectivity index (χ0v) is 18.5. The van der Waals surface area contributed by atoms with Crippen molar-refractivity contribution in [3.63, 3.8) is 0 Å². The van der Waals surface area contributed by atoms with Gasteiger partial charge in [-0.1, -0.05) is 35.0 Å². The Hall–Kier alpha value is -4.40. The van der Waals surface area contributed by atoms with Gasteiger partial charge in [0.05, 0.1) is 24.4 Å². The molecule has 2 amide bonds. The van der Waals surface area contributed by atoms with Crippen molar-refractivity contribution in [2.75, 3.05) is 11.9 Å². The highest BCUT2D eigenvalue weighted by atomic mass is 16.5. The van der Waals surface area contributed by atoms with Crippen molar-refractivity contribution >= 4 is 17.5 Å². The molecule has 0 spiro atoms. The van der Waals surface area contributed by atoms with Crippen molar-refractivity contribution in [3.8, 4) is 22.8 Å². The van der Waals surface area contributed by atoms with Crippen LogP contribution in [0.5, 0.6) is 0 Å². The van der Waals surface area contributed by atoms with E-state index in [0.29, 0.717) is 36.2 Å². The molecule has 9 nitrogen and oxygen atoms in total. The topological polar surface area (TPSA) is 114 Å². The summed E-state index contributed by atoms with van der Waals surface area (Å²) >= 11 is 0.